The Morgan fingerprint density at radius 2 is 2.12 bits per heavy atom. The maximum Gasteiger partial charge on any atom is 0.251 e. The average molecular weight is 354 g/mol. The average Bonchev–Trinajstić information content (AvgIpc) is 3.24. The van der Waals surface area contributed by atoms with Gasteiger partial charge in [-0.3, -0.25) is 14.4 Å². The van der Waals surface area contributed by atoms with Crippen LogP contribution >= 0.6 is 11.3 Å². The van der Waals surface area contributed by atoms with Gasteiger partial charge in [0.05, 0.1) is 17.8 Å². The van der Waals surface area contributed by atoms with Crippen molar-refractivity contribution in [3.05, 3.63) is 52.1 Å². The summed E-state index contributed by atoms with van der Waals surface area (Å²) >= 11 is 1.17. The lowest BCUT2D eigenvalue weighted by Crippen LogP contribution is -2.51. The summed E-state index contributed by atoms with van der Waals surface area (Å²) in [7, 11) is 1.57. The van der Waals surface area contributed by atoms with Crippen LogP contribution in [0, 0.1) is 0 Å². The molecule has 8 heteroatoms. The van der Waals surface area contributed by atoms with Crippen molar-refractivity contribution in [2.75, 3.05) is 13.6 Å². The van der Waals surface area contributed by atoms with Gasteiger partial charge in [0.1, 0.15) is 0 Å². The number of nitrogens with zero attached hydrogens (tertiary/aromatic N) is 2. The highest BCUT2D eigenvalue weighted by atomic mass is 32.1. The van der Waals surface area contributed by atoms with Crippen LogP contribution in [0.25, 0.3) is 10.9 Å². The van der Waals surface area contributed by atoms with E-state index in [4.69, 9.17) is 0 Å². The molecule has 3 heterocycles. The molecule has 1 aliphatic rings. The number of ketones is 1. The highest BCUT2D eigenvalue weighted by Crippen LogP contribution is 2.25. The zero-order valence-electron chi connectivity index (χ0n) is 13.3. The molecule has 0 bridgehead atoms. The number of nitrogens with one attached hydrogen (secondary N) is 2. The van der Waals surface area contributed by atoms with Gasteiger partial charge in [-0.1, -0.05) is 18.2 Å². The second-order valence-electron chi connectivity index (χ2n) is 5.85. The van der Waals surface area contributed by atoms with E-state index in [1.165, 1.54) is 16.2 Å². The van der Waals surface area contributed by atoms with Crippen molar-refractivity contribution in [2.24, 2.45) is 0 Å². The van der Waals surface area contributed by atoms with E-state index in [0.717, 1.165) is 10.9 Å². The van der Waals surface area contributed by atoms with E-state index in [0.29, 0.717) is 11.3 Å². The van der Waals surface area contributed by atoms with Crippen LogP contribution < -0.4 is 5.32 Å². The molecule has 1 unspecified atom stereocenters. The molecule has 2 aromatic heterocycles. The van der Waals surface area contributed by atoms with Gasteiger partial charge in [-0.15, -0.1) is 11.3 Å². The Labute approximate surface area is 146 Å². The first-order chi connectivity index (χ1) is 12.0. The van der Waals surface area contributed by atoms with Crippen LogP contribution in [0.15, 0.2) is 35.8 Å². The molecular weight excluding hydrogens is 340 g/mol. The number of thiazole rings is 1. The third kappa shape index (κ3) is 2.60. The molecule has 0 aliphatic carbocycles. The van der Waals surface area contributed by atoms with Crippen molar-refractivity contribution < 1.29 is 14.4 Å². The van der Waals surface area contributed by atoms with Crippen LogP contribution in [0.2, 0.25) is 0 Å². The fourth-order valence-electron chi connectivity index (χ4n) is 2.88. The maximum absolute atomic E-state index is 12.8. The Morgan fingerprint density at radius 3 is 2.96 bits per heavy atom. The summed E-state index contributed by atoms with van der Waals surface area (Å²) in [4.78, 5) is 45.4. The van der Waals surface area contributed by atoms with Crippen LogP contribution in [-0.2, 0) is 9.59 Å². The number of carbonyl (C=O) groups is 3. The number of carbonyl (C=O) groups excluding carboxylic acids is 3. The van der Waals surface area contributed by atoms with Crippen molar-refractivity contribution in [1.29, 1.82) is 0 Å². The van der Waals surface area contributed by atoms with E-state index in [2.05, 4.69) is 15.3 Å². The third-order valence-corrected chi connectivity index (χ3v) is 5.01. The number of rotatable bonds is 3. The highest BCUT2D eigenvalue weighted by Gasteiger charge is 2.33. The van der Waals surface area contributed by atoms with E-state index < -0.39 is 6.04 Å². The summed E-state index contributed by atoms with van der Waals surface area (Å²) < 4.78 is 0. The molecule has 2 N–H and O–H groups in total. The molecule has 25 heavy (non-hydrogen) atoms. The quantitative estimate of drug-likeness (QED) is 0.697. The molecule has 3 aromatic rings. The topological polar surface area (TPSA) is 95.2 Å². The minimum absolute atomic E-state index is 0.0284. The first-order valence-corrected chi connectivity index (χ1v) is 8.53. The summed E-state index contributed by atoms with van der Waals surface area (Å²) in [5, 5.41) is 5.38. The van der Waals surface area contributed by atoms with Crippen LogP contribution in [0.3, 0.4) is 0 Å². The summed E-state index contributed by atoms with van der Waals surface area (Å²) in [5.74, 6) is -0.697. The molecule has 1 fully saturated rings. The van der Waals surface area contributed by atoms with Crippen molar-refractivity contribution in [3.63, 3.8) is 0 Å². The first-order valence-electron chi connectivity index (χ1n) is 7.65. The van der Waals surface area contributed by atoms with Gasteiger partial charge in [0.15, 0.2) is 11.0 Å². The molecule has 1 atom stereocenters. The Morgan fingerprint density at radius 1 is 1.32 bits per heavy atom. The smallest absolute Gasteiger partial charge is 0.251 e. The van der Waals surface area contributed by atoms with E-state index in [9.17, 15) is 14.4 Å². The number of aromatic amines is 1. The predicted molar refractivity (Wildman–Crippen MR) is 92.4 cm³/mol. The van der Waals surface area contributed by atoms with Gasteiger partial charge in [0.25, 0.3) is 5.91 Å². The van der Waals surface area contributed by atoms with Gasteiger partial charge in [-0.05, 0) is 6.07 Å². The van der Waals surface area contributed by atoms with Gasteiger partial charge < -0.3 is 15.2 Å². The Balaban J connectivity index is 1.66. The molecule has 7 nitrogen and oxygen atoms in total. The van der Waals surface area contributed by atoms with Crippen molar-refractivity contribution >= 4 is 39.8 Å². The van der Waals surface area contributed by atoms with Crippen LogP contribution in [0.1, 0.15) is 27.1 Å². The highest BCUT2D eigenvalue weighted by molar-refractivity contribution is 7.12. The van der Waals surface area contributed by atoms with Crippen LogP contribution in [0.5, 0.6) is 0 Å². The van der Waals surface area contributed by atoms with Gasteiger partial charge in [-0.25, -0.2) is 4.98 Å². The number of fused-ring (bicyclic) bond motifs is 1. The van der Waals surface area contributed by atoms with E-state index in [-0.39, 0.29) is 29.1 Å². The molecule has 126 valence electrons. The zero-order chi connectivity index (χ0) is 17.6. The van der Waals surface area contributed by atoms with E-state index in [1.807, 2.05) is 24.3 Å². The third-order valence-electron chi connectivity index (χ3n) is 4.16. The summed E-state index contributed by atoms with van der Waals surface area (Å²) in [6.45, 7) is 0.0284. The number of likely N-dealkylation sites (N-methyl/N-ethyl adjacent to an activating group) is 1. The Bertz CT molecular complexity index is 1010. The van der Waals surface area contributed by atoms with Gasteiger partial charge in [0, 0.05) is 29.5 Å². The molecule has 0 spiro atoms. The van der Waals surface area contributed by atoms with Gasteiger partial charge in [-0.2, -0.15) is 0 Å². The predicted octanol–water partition coefficient (Wildman–Crippen LogP) is 1.48. The van der Waals surface area contributed by atoms with E-state index in [1.54, 1.807) is 18.6 Å². The number of amides is 2. The van der Waals surface area contributed by atoms with Crippen LogP contribution in [0.4, 0.5) is 0 Å². The number of hydrogen-bond acceptors (Lipinski definition) is 5. The van der Waals surface area contributed by atoms with Crippen molar-refractivity contribution in [1.82, 2.24) is 20.2 Å². The number of H-pyrrole nitrogens is 1. The number of benzene rings is 1. The summed E-state index contributed by atoms with van der Waals surface area (Å²) in [6.07, 6.45) is 1.66. The van der Waals surface area contributed by atoms with Gasteiger partial charge in [0.2, 0.25) is 11.7 Å². The minimum atomic E-state index is -0.841. The lowest BCUT2D eigenvalue weighted by atomic mass is 10.1. The zero-order valence-corrected chi connectivity index (χ0v) is 14.1. The number of para-hydroxylation sites is 1. The Kier molecular flexibility index (Phi) is 3.61. The largest absolute Gasteiger partial charge is 0.360 e. The molecule has 0 saturated carbocycles. The standard InChI is InChI=1S/C17H14N4O3S/c1-21-7-13(22)20-14(17(21)24)12-8-25-16(19-12)15(23)10-6-18-11-5-3-2-4-9(10)11/h2-6,8,14,18H,7H2,1H3,(H,20,22). The first kappa shape index (κ1) is 15.5. The molecule has 1 saturated heterocycles. The minimum Gasteiger partial charge on any atom is -0.360 e. The fraction of sp³-hybridized carbons (Fsp3) is 0.176. The van der Waals surface area contributed by atoms with Crippen molar-refractivity contribution in [3.8, 4) is 0 Å². The van der Waals surface area contributed by atoms with Crippen LogP contribution in [-0.4, -0.2) is 46.1 Å². The normalized spacial score (nSPS) is 17.8. The Hall–Kier alpha value is -3.00. The lowest BCUT2D eigenvalue weighted by molar-refractivity contribution is -0.143. The summed E-state index contributed by atoms with van der Waals surface area (Å²) in [5.41, 5.74) is 1.80. The van der Waals surface area contributed by atoms with Crippen molar-refractivity contribution in [2.45, 2.75) is 6.04 Å². The SMILES string of the molecule is CN1CC(=O)NC(c2csc(C(=O)c3c[nH]c4ccccc34)n2)C1=O. The fourth-order valence-corrected chi connectivity index (χ4v) is 3.68. The second kappa shape index (κ2) is 5.82. The number of piperazine rings is 1. The number of aromatic nitrogens is 2. The maximum atomic E-state index is 12.8. The van der Waals surface area contributed by atoms with E-state index >= 15 is 0 Å². The summed E-state index contributed by atoms with van der Waals surface area (Å²) in [6, 6.07) is 6.68. The number of hydrogen-bond donors (Lipinski definition) is 2. The van der Waals surface area contributed by atoms with Gasteiger partial charge >= 0.3 is 0 Å². The molecule has 2 amide bonds. The molecule has 1 aromatic carbocycles. The molecule has 0 radical (unpaired) electrons. The molecular formula is C17H14N4O3S. The lowest BCUT2D eigenvalue weighted by Gasteiger charge is -2.28. The monoisotopic (exact) mass is 354 g/mol. The second-order valence-corrected chi connectivity index (χ2v) is 6.71. The molecule has 4 rings (SSSR count). The molecule has 1 aliphatic heterocycles.